The van der Waals surface area contributed by atoms with Crippen LogP contribution < -0.4 is 15.2 Å². The van der Waals surface area contributed by atoms with E-state index in [0.717, 1.165) is 17.1 Å². The second kappa shape index (κ2) is 7.17. The Morgan fingerprint density at radius 3 is 2.15 bits per heavy atom. The van der Waals surface area contributed by atoms with Crippen molar-refractivity contribution in [3.8, 4) is 11.5 Å². The number of rotatable bonds is 6. The highest BCUT2D eigenvalue weighted by molar-refractivity contribution is 6.30. The van der Waals surface area contributed by atoms with E-state index in [4.69, 9.17) is 26.8 Å². The normalized spacial score (nSPS) is 11.9. The quantitative estimate of drug-likeness (QED) is 0.880. The third-order valence-corrected chi connectivity index (χ3v) is 3.12. The minimum Gasteiger partial charge on any atom is -0.494 e. The van der Waals surface area contributed by atoms with Gasteiger partial charge in [-0.3, -0.25) is 0 Å². The Bertz CT molecular complexity index is 525. The Morgan fingerprint density at radius 2 is 1.60 bits per heavy atom. The summed E-state index contributed by atoms with van der Waals surface area (Å²) < 4.78 is 11.3. The van der Waals surface area contributed by atoms with Gasteiger partial charge in [-0.05, 0) is 48.9 Å². The van der Waals surface area contributed by atoms with Crippen molar-refractivity contribution in [3.05, 3.63) is 59.1 Å². The van der Waals surface area contributed by atoms with Crippen LogP contribution in [-0.4, -0.2) is 13.2 Å². The van der Waals surface area contributed by atoms with Crippen molar-refractivity contribution in [2.75, 3.05) is 13.2 Å². The molecule has 106 valence electrons. The van der Waals surface area contributed by atoms with Crippen molar-refractivity contribution in [1.29, 1.82) is 0 Å². The van der Waals surface area contributed by atoms with E-state index >= 15 is 0 Å². The molecule has 0 aliphatic carbocycles. The molecule has 0 saturated heterocycles. The van der Waals surface area contributed by atoms with Crippen LogP contribution in [0.4, 0.5) is 0 Å². The van der Waals surface area contributed by atoms with Crippen molar-refractivity contribution in [1.82, 2.24) is 0 Å². The summed E-state index contributed by atoms with van der Waals surface area (Å²) in [5, 5.41) is 0.700. The summed E-state index contributed by atoms with van der Waals surface area (Å²) in [5.74, 6) is 1.59. The zero-order valence-corrected chi connectivity index (χ0v) is 12.1. The first-order chi connectivity index (χ1) is 9.72. The minimum atomic E-state index is -0.190. The van der Waals surface area contributed by atoms with E-state index in [2.05, 4.69) is 0 Å². The predicted molar refractivity (Wildman–Crippen MR) is 81.5 cm³/mol. The molecule has 20 heavy (non-hydrogen) atoms. The molecule has 0 fully saturated rings. The Balaban J connectivity index is 2.07. The second-order valence-corrected chi connectivity index (χ2v) is 4.73. The van der Waals surface area contributed by atoms with Crippen LogP contribution in [0.3, 0.4) is 0 Å². The smallest absolute Gasteiger partial charge is 0.136 e. The lowest BCUT2D eigenvalue weighted by molar-refractivity contribution is 0.214. The molecule has 0 aliphatic heterocycles. The fourth-order valence-corrected chi connectivity index (χ4v) is 2.00. The molecular formula is C16H18ClNO2. The highest BCUT2D eigenvalue weighted by Crippen LogP contribution is 2.24. The molecule has 0 bridgehead atoms. The first kappa shape index (κ1) is 14.7. The van der Waals surface area contributed by atoms with Gasteiger partial charge in [-0.15, -0.1) is 0 Å². The van der Waals surface area contributed by atoms with Crippen LogP contribution in [0.25, 0.3) is 0 Å². The molecular weight excluding hydrogens is 274 g/mol. The van der Waals surface area contributed by atoms with Crippen LogP contribution in [0, 0.1) is 0 Å². The maximum atomic E-state index is 5.90. The van der Waals surface area contributed by atoms with Gasteiger partial charge in [0.05, 0.1) is 6.61 Å². The fraction of sp³-hybridized carbons (Fsp3) is 0.250. The van der Waals surface area contributed by atoms with Gasteiger partial charge in [0.25, 0.3) is 0 Å². The first-order valence-corrected chi connectivity index (χ1v) is 6.95. The minimum absolute atomic E-state index is 0.190. The van der Waals surface area contributed by atoms with Crippen LogP contribution in [0.2, 0.25) is 5.02 Å². The fourth-order valence-electron chi connectivity index (χ4n) is 1.88. The largest absolute Gasteiger partial charge is 0.494 e. The molecule has 0 saturated carbocycles. The molecule has 0 aliphatic rings. The number of nitrogens with two attached hydrogens (primary N) is 1. The van der Waals surface area contributed by atoms with Gasteiger partial charge in [0.2, 0.25) is 0 Å². The van der Waals surface area contributed by atoms with E-state index in [1.54, 1.807) is 0 Å². The van der Waals surface area contributed by atoms with E-state index in [9.17, 15) is 0 Å². The summed E-state index contributed by atoms with van der Waals surface area (Å²) in [6.07, 6.45) is -0.190. The highest BCUT2D eigenvalue weighted by Gasteiger charge is 2.11. The summed E-state index contributed by atoms with van der Waals surface area (Å²) in [6, 6.07) is 15.0. The van der Waals surface area contributed by atoms with E-state index in [0.29, 0.717) is 18.2 Å². The van der Waals surface area contributed by atoms with Crippen molar-refractivity contribution >= 4 is 11.6 Å². The molecule has 4 heteroatoms. The van der Waals surface area contributed by atoms with E-state index in [1.807, 2.05) is 55.5 Å². The zero-order chi connectivity index (χ0) is 14.4. The molecule has 0 radical (unpaired) electrons. The number of benzene rings is 2. The topological polar surface area (TPSA) is 44.5 Å². The van der Waals surface area contributed by atoms with Crippen LogP contribution >= 0.6 is 11.6 Å². The summed E-state index contributed by atoms with van der Waals surface area (Å²) in [5.41, 5.74) is 6.79. The average molecular weight is 292 g/mol. The molecule has 2 N–H and O–H groups in total. The standard InChI is InChI=1S/C16H18ClNO2/c1-2-19-14-7-9-15(10-8-14)20-16(11-18)12-3-5-13(17)6-4-12/h3-10,16H,2,11,18H2,1H3. The SMILES string of the molecule is CCOc1ccc(OC(CN)c2ccc(Cl)cc2)cc1. The molecule has 1 atom stereocenters. The maximum Gasteiger partial charge on any atom is 0.136 e. The molecule has 2 aromatic carbocycles. The van der Waals surface area contributed by atoms with Crippen LogP contribution in [0.1, 0.15) is 18.6 Å². The Hall–Kier alpha value is -1.71. The number of hydrogen-bond acceptors (Lipinski definition) is 3. The molecule has 1 unspecified atom stereocenters. The van der Waals surface area contributed by atoms with Crippen molar-refractivity contribution < 1.29 is 9.47 Å². The summed E-state index contributed by atoms with van der Waals surface area (Å²) in [7, 11) is 0. The van der Waals surface area contributed by atoms with E-state index in [-0.39, 0.29) is 6.10 Å². The van der Waals surface area contributed by atoms with E-state index < -0.39 is 0 Å². The summed E-state index contributed by atoms with van der Waals surface area (Å²) in [6.45, 7) is 3.00. The predicted octanol–water partition coefficient (Wildman–Crippen LogP) is 3.82. The van der Waals surface area contributed by atoms with Crippen molar-refractivity contribution in [2.45, 2.75) is 13.0 Å². The Labute approximate surface area is 124 Å². The number of ether oxygens (including phenoxy) is 2. The van der Waals surface area contributed by atoms with Crippen LogP contribution in [-0.2, 0) is 0 Å². The monoisotopic (exact) mass is 291 g/mol. The van der Waals surface area contributed by atoms with Gasteiger partial charge in [-0.25, -0.2) is 0 Å². The van der Waals surface area contributed by atoms with Gasteiger partial charge >= 0.3 is 0 Å². The zero-order valence-electron chi connectivity index (χ0n) is 11.4. The third-order valence-electron chi connectivity index (χ3n) is 2.87. The lowest BCUT2D eigenvalue weighted by Gasteiger charge is -2.18. The lowest BCUT2D eigenvalue weighted by atomic mass is 10.1. The van der Waals surface area contributed by atoms with E-state index in [1.165, 1.54) is 0 Å². The second-order valence-electron chi connectivity index (χ2n) is 4.30. The average Bonchev–Trinajstić information content (AvgIpc) is 2.48. The Kier molecular flexibility index (Phi) is 5.27. The summed E-state index contributed by atoms with van der Waals surface area (Å²) >= 11 is 5.88. The van der Waals surface area contributed by atoms with Crippen molar-refractivity contribution in [2.24, 2.45) is 5.73 Å². The first-order valence-electron chi connectivity index (χ1n) is 6.58. The lowest BCUT2D eigenvalue weighted by Crippen LogP contribution is -2.18. The molecule has 0 spiro atoms. The number of halogens is 1. The van der Waals surface area contributed by atoms with Crippen LogP contribution in [0.5, 0.6) is 11.5 Å². The van der Waals surface area contributed by atoms with Crippen molar-refractivity contribution in [3.63, 3.8) is 0 Å². The third kappa shape index (κ3) is 3.89. The molecule has 2 aromatic rings. The Morgan fingerprint density at radius 1 is 1.00 bits per heavy atom. The highest BCUT2D eigenvalue weighted by atomic mass is 35.5. The number of hydrogen-bond donors (Lipinski definition) is 1. The van der Waals surface area contributed by atoms with Crippen LogP contribution in [0.15, 0.2) is 48.5 Å². The van der Waals surface area contributed by atoms with Gasteiger partial charge in [-0.2, -0.15) is 0 Å². The molecule has 0 aromatic heterocycles. The molecule has 0 amide bonds. The van der Waals surface area contributed by atoms with Gasteiger partial charge in [-0.1, -0.05) is 23.7 Å². The van der Waals surface area contributed by atoms with Gasteiger partial charge < -0.3 is 15.2 Å². The van der Waals surface area contributed by atoms with Gasteiger partial charge in [0, 0.05) is 11.6 Å². The molecule has 0 heterocycles. The van der Waals surface area contributed by atoms with Gasteiger partial charge in [0.15, 0.2) is 0 Å². The maximum absolute atomic E-state index is 5.90. The molecule has 2 rings (SSSR count). The summed E-state index contributed by atoms with van der Waals surface area (Å²) in [4.78, 5) is 0. The molecule has 3 nitrogen and oxygen atoms in total. The van der Waals surface area contributed by atoms with Gasteiger partial charge in [0.1, 0.15) is 17.6 Å².